The van der Waals surface area contributed by atoms with Crippen LogP contribution in [0.1, 0.15) is 75.6 Å². The monoisotopic (exact) mass is 346 g/mol. The summed E-state index contributed by atoms with van der Waals surface area (Å²) in [7, 11) is 0. The number of hydrogen-bond acceptors (Lipinski definition) is 3. The number of carbonyl (C=O) groups excluding carboxylic acids is 1. The van der Waals surface area contributed by atoms with Gasteiger partial charge in [0.1, 0.15) is 0 Å². The predicted molar refractivity (Wildman–Crippen MR) is 100.0 cm³/mol. The summed E-state index contributed by atoms with van der Waals surface area (Å²) in [4.78, 5) is 23.9. The van der Waals surface area contributed by atoms with Crippen molar-refractivity contribution in [1.82, 2.24) is 10.9 Å². The van der Waals surface area contributed by atoms with E-state index in [-0.39, 0.29) is 11.9 Å². The van der Waals surface area contributed by atoms with Gasteiger partial charge in [-0.05, 0) is 29.9 Å². The summed E-state index contributed by atoms with van der Waals surface area (Å²) in [6, 6.07) is 6.33. The highest BCUT2D eigenvalue weighted by Crippen LogP contribution is 2.31. The number of hydrazine groups is 1. The van der Waals surface area contributed by atoms with E-state index in [1.165, 1.54) is 15.9 Å². The first kappa shape index (κ1) is 19.6. The summed E-state index contributed by atoms with van der Waals surface area (Å²) < 4.78 is 1.24. The Morgan fingerprint density at radius 2 is 2.16 bits per heavy atom. The van der Waals surface area contributed by atoms with Gasteiger partial charge in [0.05, 0.1) is 0 Å². The zero-order valence-corrected chi connectivity index (χ0v) is 15.8. The zero-order chi connectivity index (χ0) is 18.2. The maximum absolute atomic E-state index is 12.2. The number of nitrogens with zero attached hydrogens (tertiary/aromatic N) is 1. The van der Waals surface area contributed by atoms with Gasteiger partial charge in [-0.25, -0.2) is 5.43 Å². The number of amides is 1. The van der Waals surface area contributed by atoms with Crippen LogP contribution in [0.5, 0.6) is 0 Å². The van der Waals surface area contributed by atoms with Crippen molar-refractivity contribution >= 4 is 5.91 Å². The minimum absolute atomic E-state index is 0.00134. The molecule has 0 saturated heterocycles. The standard InChI is InChI=1S/C20H31N3O2/c1-4-5-6-19-18-9-8-16(13-17(18)11-12-23(19)25)14-21-22-20(24)10-7-15(2)3/h8-9,13,15,19,21H,4-7,10-12,14H2,1-3H3/p+1. The van der Waals surface area contributed by atoms with Crippen molar-refractivity contribution in [2.45, 2.75) is 71.9 Å². The van der Waals surface area contributed by atoms with Crippen LogP contribution in [0.15, 0.2) is 18.2 Å². The first-order valence-corrected chi connectivity index (χ1v) is 9.58. The molecule has 1 aromatic rings. The molecule has 0 bridgehead atoms. The molecule has 1 amide bonds. The van der Waals surface area contributed by atoms with E-state index in [9.17, 15) is 9.70 Å². The van der Waals surface area contributed by atoms with Gasteiger partial charge in [-0.2, -0.15) is 0 Å². The molecule has 1 aliphatic heterocycles. The van der Waals surface area contributed by atoms with Crippen LogP contribution in [0.3, 0.4) is 0 Å². The lowest BCUT2D eigenvalue weighted by molar-refractivity contribution is -0.597. The first-order valence-electron chi connectivity index (χ1n) is 9.58. The maximum atomic E-state index is 12.2. The lowest BCUT2D eigenvalue weighted by Crippen LogP contribution is -2.36. The molecule has 2 N–H and O–H groups in total. The molecule has 25 heavy (non-hydrogen) atoms. The minimum atomic E-state index is 0.00134. The van der Waals surface area contributed by atoms with Crippen molar-refractivity contribution in [1.29, 1.82) is 0 Å². The van der Waals surface area contributed by atoms with Crippen LogP contribution < -0.4 is 10.9 Å². The molecule has 1 unspecified atom stereocenters. The molecule has 5 nitrogen and oxygen atoms in total. The molecule has 0 saturated carbocycles. The summed E-state index contributed by atoms with van der Waals surface area (Å²) in [6.07, 6.45) is 5.36. The molecule has 2 rings (SSSR count). The molecule has 0 aliphatic carbocycles. The maximum Gasteiger partial charge on any atom is 0.234 e. The van der Waals surface area contributed by atoms with Crippen molar-refractivity contribution in [3.05, 3.63) is 39.8 Å². The molecular formula is C20H32N3O2+. The molecule has 1 aliphatic rings. The predicted octanol–water partition coefficient (Wildman–Crippen LogP) is 3.81. The Kier molecular flexibility index (Phi) is 7.56. The van der Waals surface area contributed by atoms with Crippen LogP contribution in [0.25, 0.3) is 0 Å². The van der Waals surface area contributed by atoms with Crippen molar-refractivity contribution in [2.75, 3.05) is 6.54 Å². The Bertz CT molecular complexity index is 599. The molecule has 5 heteroatoms. The van der Waals surface area contributed by atoms with E-state index in [1.807, 2.05) is 0 Å². The number of benzene rings is 1. The van der Waals surface area contributed by atoms with E-state index in [4.69, 9.17) is 0 Å². The number of carbonyl (C=O) groups is 1. The van der Waals surface area contributed by atoms with Crippen molar-refractivity contribution in [3.8, 4) is 0 Å². The minimum Gasteiger partial charge on any atom is -0.291 e. The van der Waals surface area contributed by atoms with Crippen molar-refractivity contribution < 1.29 is 9.55 Å². The van der Waals surface area contributed by atoms with E-state index in [1.54, 1.807) is 0 Å². The lowest BCUT2D eigenvalue weighted by Gasteiger charge is -2.19. The second-order valence-electron chi connectivity index (χ2n) is 7.42. The molecule has 1 aromatic carbocycles. The van der Waals surface area contributed by atoms with Crippen LogP contribution in [-0.4, -0.2) is 17.2 Å². The van der Waals surface area contributed by atoms with E-state index >= 15 is 0 Å². The summed E-state index contributed by atoms with van der Waals surface area (Å²) in [5, 5.41) is 0. The normalized spacial score (nSPS) is 16.8. The van der Waals surface area contributed by atoms with E-state index in [0.29, 0.717) is 25.4 Å². The first-order chi connectivity index (χ1) is 12.0. The SMILES string of the molecule is CCCCC1c2ccc(CNNC(=O)CCC(C)C)cc2CC[N+]1=O. The van der Waals surface area contributed by atoms with Gasteiger partial charge < -0.3 is 0 Å². The highest BCUT2D eigenvalue weighted by atomic mass is 16.3. The quantitative estimate of drug-likeness (QED) is 0.528. The molecule has 0 aromatic heterocycles. The fraction of sp³-hybridized carbons (Fsp3) is 0.650. The Morgan fingerprint density at radius 3 is 2.88 bits per heavy atom. The third-order valence-electron chi connectivity index (χ3n) is 4.82. The number of nitroso groups, excluding NO2 is 1. The average molecular weight is 346 g/mol. The highest BCUT2D eigenvalue weighted by Gasteiger charge is 2.33. The second kappa shape index (κ2) is 9.66. The van der Waals surface area contributed by atoms with Crippen LogP contribution in [-0.2, 0) is 17.8 Å². The summed E-state index contributed by atoms with van der Waals surface area (Å²) in [5.41, 5.74) is 9.37. The number of hydrogen-bond donors (Lipinski definition) is 2. The van der Waals surface area contributed by atoms with Gasteiger partial charge in [0, 0.05) is 41.0 Å². The zero-order valence-electron chi connectivity index (χ0n) is 15.8. The fourth-order valence-corrected chi connectivity index (χ4v) is 3.28. The van der Waals surface area contributed by atoms with E-state index in [2.05, 4.69) is 49.8 Å². The Labute approximate surface area is 151 Å². The second-order valence-corrected chi connectivity index (χ2v) is 7.42. The topological polar surface area (TPSA) is 61.2 Å². The third kappa shape index (κ3) is 5.92. The third-order valence-corrected chi connectivity index (χ3v) is 4.82. The summed E-state index contributed by atoms with van der Waals surface area (Å²) in [5.74, 6) is 0.570. The molecular weight excluding hydrogens is 314 g/mol. The van der Waals surface area contributed by atoms with E-state index in [0.717, 1.165) is 37.7 Å². The molecule has 138 valence electrons. The fourth-order valence-electron chi connectivity index (χ4n) is 3.28. The van der Waals surface area contributed by atoms with Gasteiger partial charge in [-0.1, -0.05) is 45.4 Å². The van der Waals surface area contributed by atoms with Crippen LogP contribution >= 0.6 is 0 Å². The molecule has 0 radical (unpaired) electrons. The smallest absolute Gasteiger partial charge is 0.234 e. The Morgan fingerprint density at radius 1 is 1.36 bits per heavy atom. The summed E-state index contributed by atoms with van der Waals surface area (Å²) in [6.45, 7) is 7.56. The molecule has 0 fully saturated rings. The van der Waals surface area contributed by atoms with Crippen LogP contribution in [0.2, 0.25) is 0 Å². The lowest BCUT2D eigenvalue weighted by atomic mass is 9.90. The van der Waals surface area contributed by atoms with Crippen molar-refractivity contribution in [3.63, 3.8) is 0 Å². The largest absolute Gasteiger partial charge is 0.291 e. The van der Waals surface area contributed by atoms with Gasteiger partial charge in [-0.15, -0.1) is 0 Å². The number of nitrogens with one attached hydrogen (secondary N) is 2. The van der Waals surface area contributed by atoms with Gasteiger partial charge in [-0.3, -0.25) is 10.2 Å². The van der Waals surface area contributed by atoms with Crippen LogP contribution in [0.4, 0.5) is 0 Å². The highest BCUT2D eigenvalue weighted by molar-refractivity contribution is 5.75. The van der Waals surface area contributed by atoms with Gasteiger partial charge >= 0.3 is 0 Å². The Balaban J connectivity index is 1.90. The van der Waals surface area contributed by atoms with Crippen molar-refractivity contribution in [2.24, 2.45) is 5.92 Å². The van der Waals surface area contributed by atoms with Crippen LogP contribution in [0, 0.1) is 10.8 Å². The Hall–Kier alpha value is -1.75. The number of fused-ring (bicyclic) bond motifs is 1. The number of unbranched alkanes of at least 4 members (excludes halogenated alkanes) is 1. The average Bonchev–Trinajstić information content (AvgIpc) is 2.59. The molecule has 1 heterocycles. The summed E-state index contributed by atoms with van der Waals surface area (Å²) >= 11 is 0. The number of rotatable bonds is 9. The molecule has 0 spiro atoms. The van der Waals surface area contributed by atoms with Gasteiger partial charge in [0.2, 0.25) is 11.9 Å². The van der Waals surface area contributed by atoms with Gasteiger partial charge in [0.15, 0.2) is 6.54 Å². The molecule has 1 atom stereocenters. The van der Waals surface area contributed by atoms with Gasteiger partial charge in [0.25, 0.3) is 0 Å². The van der Waals surface area contributed by atoms with E-state index < -0.39 is 0 Å².